The smallest absolute Gasteiger partial charge is 0.258 e. The number of nitrogens with zero attached hydrogens (tertiary/aromatic N) is 2. The SMILES string of the molecule is CCNc1cc(C(=O)N(C)c2ccccc2OC)ccn1. The van der Waals surface area contributed by atoms with Crippen molar-refractivity contribution in [3.8, 4) is 5.75 Å². The first-order valence-corrected chi connectivity index (χ1v) is 6.78. The molecule has 1 amide bonds. The van der Waals surface area contributed by atoms with Crippen LogP contribution in [0, 0.1) is 0 Å². The van der Waals surface area contributed by atoms with Gasteiger partial charge in [0.2, 0.25) is 0 Å². The number of carbonyl (C=O) groups is 1. The largest absolute Gasteiger partial charge is 0.495 e. The highest BCUT2D eigenvalue weighted by atomic mass is 16.5. The van der Waals surface area contributed by atoms with Crippen LogP contribution < -0.4 is 15.0 Å². The molecule has 5 heteroatoms. The van der Waals surface area contributed by atoms with Crippen molar-refractivity contribution in [1.29, 1.82) is 0 Å². The van der Waals surface area contributed by atoms with E-state index in [1.54, 1.807) is 37.4 Å². The van der Waals surface area contributed by atoms with Crippen molar-refractivity contribution in [2.45, 2.75) is 6.92 Å². The normalized spacial score (nSPS) is 10.0. The molecule has 0 saturated carbocycles. The molecule has 110 valence electrons. The highest BCUT2D eigenvalue weighted by Crippen LogP contribution is 2.27. The summed E-state index contributed by atoms with van der Waals surface area (Å²) in [5.41, 5.74) is 1.31. The van der Waals surface area contributed by atoms with Crippen LogP contribution in [0.15, 0.2) is 42.6 Å². The summed E-state index contributed by atoms with van der Waals surface area (Å²) in [5.74, 6) is 1.24. The Kier molecular flexibility index (Phi) is 4.77. The molecule has 1 aromatic carbocycles. The lowest BCUT2D eigenvalue weighted by Gasteiger charge is -2.20. The molecule has 0 spiro atoms. The number of methoxy groups -OCH3 is 1. The van der Waals surface area contributed by atoms with Gasteiger partial charge in [-0.3, -0.25) is 4.79 Å². The summed E-state index contributed by atoms with van der Waals surface area (Å²) in [6.07, 6.45) is 1.63. The molecule has 1 N–H and O–H groups in total. The zero-order valence-electron chi connectivity index (χ0n) is 12.5. The maximum absolute atomic E-state index is 12.6. The minimum absolute atomic E-state index is 0.110. The zero-order chi connectivity index (χ0) is 15.2. The number of amides is 1. The second-order valence-electron chi connectivity index (χ2n) is 4.50. The van der Waals surface area contributed by atoms with Crippen LogP contribution in [-0.2, 0) is 0 Å². The average Bonchev–Trinajstić information content (AvgIpc) is 2.54. The van der Waals surface area contributed by atoms with Gasteiger partial charge in [-0.1, -0.05) is 12.1 Å². The van der Waals surface area contributed by atoms with Gasteiger partial charge in [-0.25, -0.2) is 4.98 Å². The molecule has 0 aliphatic heterocycles. The number of hydrogen-bond donors (Lipinski definition) is 1. The molecule has 21 heavy (non-hydrogen) atoms. The van der Waals surface area contributed by atoms with E-state index in [-0.39, 0.29) is 5.91 Å². The number of anilines is 2. The van der Waals surface area contributed by atoms with Crippen molar-refractivity contribution in [2.24, 2.45) is 0 Å². The first kappa shape index (κ1) is 14.8. The lowest BCUT2D eigenvalue weighted by molar-refractivity contribution is 0.0992. The standard InChI is InChI=1S/C16H19N3O2/c1-4-17-15-11-12(9-10-18-15)16(20)19(2)13-7-5-6-8-14(13)21-3/h5-11H,4H2,1-3H3,(H,17,18). The van der Waals surface area contributed by atoms with E-state index in [2.05, 4.69) is 10.3 Å². The molecule has 0 saturated heterocycles. The molecule has 0 radical (unpaired) electrons. The quantitative estimate of drug-likeness (QED) is 0.917. The van der Waals surface area contributed by atoms with Crippen molar-refractivity contribution >= 4 is 17.4 Å². The fourth-order valence-electron chi connectivity index (χ4n) is 2.05. The Morgan fingerprint density at radius 2 is 2.10 bits per heavy atom. The molecular formula is C16H19N3O2. The number of hydrogen-bond acceptors (Lipinski definition) is 4. The third-order valence-corrected chi connectivity index (χ3v) is 3.12. The highest BCUT2D eigenvalue weighted by molar-refractivity contribution is 6.06. The summed E-state index contributed by atoms with van der Waals surface area (Å²) in [7, 11) is 3.32. The van der Waals surface area contributed by atoms with Crippen molar-refractivity contribution in [3.63, 3.8) is 0 Å². The lowest BCUT2D eigenvalue weighted by atomic mass is 10.2. The number of pyridine rings is 1. The molecule has 0 fully saturated rings. The van der Waals surface area contributed by atoms with Crippen LogP contribution in [-0.4, -0.2) is 31.6 Å². The van der Waals surface area contributed by atoms with Crippen LogP contribution in [0.3, 0.4) is 0 Å². The number of nitrogens with one attached hydrogen (secondary N) is 1. The molecule has 0 atom stereocenters. The van der Waals surface area contributed by atoms with Crippen LogP contribution >= 0.6 is 0 Å². The second-order valence-corrected chi connectivity index (χ2v) is 4.50. The summed E-state index contributed by atoms with van der Waals surface area (Å²) in [6.45, 7) is 2.74. The maximum Gasteiger partial charge on any atom is 0.258 e. The Balaban J connectivity index is 2.28. The molecule has 0 aliphatic rings. The number of carbonyl (C=O) groups excluding carboxylic acids is 1. The van der Waals surface area contributed by atoms with Gasteiger partial charge in [-0.05, 0) is 31.2 Å². The van der Waals surface area contributed by atoms with Gasteiger partial charge >= 0.3 is 0 Å². The number of benzene rings is 1. The average molecular weight is 285 g/mol. The number of para-hydroxylation sites is 2. The topological polar surface area (TPSA) is 54.5 Å². The molecular weight excluding hydrogens is 266 g/mol. The summed E-state index contributed by atoms with van der Waals surface area (Å²) in [6, 6.07) is 10.9. The van der Waals surface area contributed by atoms with E-state index >= 15 is 0 Å². The molecule has 2 rings (SSSR count). The van der Waals surface area contributed by atoms with Crippen LogP contribution in [0.5, 0.6) is 5.75 Å². The van der Waals surface area contributed by atoms with Crippen molar-refractivity contribution in [2.75, 3.05) is 30.9 Å². The fraction of sp³-hybridized carbons (Fsp3) is 0.250. The Morgan fingerprint density at radius 1 is 1.33 bits per heavy atom. The van der Waals surface area contributed by atoms with Gasteiger partial charge in [0.15, 0.2) is 0 Å². The molecule has 1 aromatic heterocycles. The van der Waals surface area contributed by atoms with Crippen molar-refractivity contribution < 1.29 is 9.53 Å². The van der Waals surface area contributed by atoms with Crippen LogP contribution in [0.2, 0.25) is 0 Å². The van der Waals surface area contributed by atoms with Gasteiger partial charge in [0.05, 0.1) is 12.8 Å². The zero-order valence-corrected chi connectivity index (χ0v) is 12.5. The van der Waals surface area contributed by atoms with Gasteiger partial charge in [-0.15, -0.1) is 0 Å². The monoisotopic (exact) mass is 285 g/mol. The van der Waals surface area contributed by atoms with E-state index in [4.69, 9.17) is 4.74 Å². The second kappa shape index (κ2) is 6.74. The van der Waals surface area contributed by atoms with Gasteiger partial charge in [0.1, 0.15) is 11.6 Å². The van der Waals surface area contributed by atoms with Gasteiger partial charge in [-0.2, -0.15) is 0 Å². The van der Waals surface area contributed by atoms with Gasteiger partial charge in [0, 0.05) is 25.4 Å². The van der Waals surface area contributed by atoms with Crippen molar-refractivity contribution in [3.05, 3.63) is 48.2 Å². The van der Waals surface area contributed by atoms with Gasteiger partial charge in [0.25, 0.3) is 5.91 Å². The van der Waals surface area contributed by atoms with E-state index < -0.39 is 0 Å². The minimum Gasteiger partial charge on any atom is -0.495 e. The molecule has 5 nitrogen and oxygen atoms in total. The third kappa shape index (κ3) is 3.31. The molecule has 0 bridgehead atoms. The Bertz CT molecular complexity index is 628. The number of ether oxygens (including phenoxy) is 1. The first-order valence-electron chi connectivity index (χ1n) is 6.78. The van der Waals surface area contributed by atoms with Crippen LogP contribution in [0.25, 0.3) is 0 Å². The summed E-state index contributed by atoms with van der Waals surface area (Å²) in [5, 5.41) is 3.10. The minimum atomic E-state index is -0.110. The van der Waals surface area contributed by atoms with Gasteiger partial charge < -0.3 is 15.0 Å². The summed E-state index contributed by atoms with van der Waals surface area (Å²) in [4.78, 5) is 18.3. The number of rotatable bonds is 5. The molecule has 1 heterocycles. The van der Waals surface area contributed by atoms with E-state index in [1.807, 2.05) is 31.2 Å². The summed E-state index contributed by atoms with van der Waals surface area (Å²) >= 11 is 0. The Morgan fingerprint density at radius 3 is 2.81 bits per heavy atom. The third-order valence-electron chi connectivity index (χ3n) is 3.12. The molecule has 0 aliphatic carbocycles. The number of aromatic nitrogens is 1. The molecule has 0 unspecified atom stereocenters. The van der Waals surface area contributed by atoms with E-state index in [1.165, 1.54) is 0 Å². The fourth-order valence-corrected chi connectivity index (χ4v) is 2.05. The first-order chi connectivity index (χ1) is 10.2. The predicted octanol–water partition coefficient (Wildman–Crippen LogP) is 2.80. The Labute approximate surface area is 124 Å². The van der Waals surface area contributed by atoms with Crippen LogP contribution in [0.1, 0.15) is 17.3 Å². The Hall–Kier alpha value is -2.56. The van der Waals surface area contributed by atoms with E-state index in [9.17, 15) is 4.79 Å². The lowest BCUT2D eigenvalue weighted by Crippen LogP contribution is -2.26. The predicted molar refractivity (Wildman–Crippen MR) is 84.1 cm³/mol. The van der Waals surface area contributed by atoms with E-state index in [0.29, 0.717) is 17.1 Å². The highest BCUT2D eigenvalue weighted by Gasteiger charge is 2.17. The maximum atomic E-state index is 12.6. The summed E-state index contributed by atoms with van der Waals surface area (Å²) < 4.78 is 5.30. The van der Waals surface area contributed by atoms with Crippen molar-refractivity contribution in [1.82, 2.24) is 4.98 Å². The van der Waals surface area contributed by atoms with E-state index in [0.717, 1.165) is 12.2 Å². The van der Waals surface area contributed by atoms with Crippen LogP contribution in [0.4, 0.5) is 11.5 Å². The molecule has 2 aromatic rings.